The molecule has 0 aromatic rings. The fourth-order valence-electron chi connectivity index (χ4n) is 3.08. The van der Waals surface area contributed by atoms with E-state index in [1.807, 2.05) is 0 Å². The van der Waals surface area contributed by atoms with E-state index in [9.17, 15) is 20.2 Å². The van der Waals surface area contributed by atoms with Crippen molar-refractivity contribution in [3.8, 4) is 0 Å². The van der Waals surface area contributed by atoms with Crippen LogP contribution in [0.1, 0.15) is 66.7 Å². The molecule has 3 saturated heterocycles. The summed E-state index contributed by atoms with van der Waals surface area (Å²) in [6, 6.07) is 0.786. The summed E-state index contributed by atoms with van der Waals surface area (Å²) in [6.07, 6.45) is 6.98. The Hall–Kier alpha value is -1.72. The maximum absolute atomic E-state index is 9.83. The summed E-state index contributed by atoms with van der Waals surface area (Å²) >= 11 is 0. The number of piperidine rings is 3. The van der Waals surface area contributed by atoms with Gasteiger partial charge in [0.2, 0.25) is 0 Å². The topological polar surface area (TPSA) is 141 Å². The maximum atomic E-state index is 9.83. The summed E-state index contributed by atoms with van der Waals surface area (Å²) in [6.45, 7) is 6.66. The highest BCUT2D eigenvalue weighted by Crippen LogP contribution is 2.06. The minimum absolute atomic E-state index is 0. The summed E-state index contributed by atoms with van der Waals surface area (Å²) in [5, 5.41) is 27.7. The molecule has 11 nitrogen and oxygen atoms in total. The zero-order valence-electron chi connectivity index (χ0n) is 16.1. The third kappa shape index (κ3) is 16.9. The standard InChI is InChI=1S/C6H13N.2C5H10N2O3.2CH4/c1-6-4-2-3-5-7-6;8-7(9)10-5-1-3-6-4-2-5;8-7(9)10-5-2-1-3-6-4-5;;/h6-7H,2-5H2,1H3;2*5-6H,1-4H2;2*1H4. The summed E-state index contributed by atoms with van der Waals surface area (Å²) < 4.78 is 0. The molecule has 0 spiro atoms. The largest absolute Gasteiger partial charge is 0.317 e. The van der Waals surface area contributed by atoms with E-state index in [1.165, 1.54) is 25.8 Å². The average molecular weight is 424 g/mol. The van der Waals surface area contributed by atoms with E-state index in [4.69, 9.17) is 0 Å². The number of nitrogens with one attached hydrogen (secondary N) is 3. The Morgan fingerprint density at radius 3 is 1.79 bits per heavy atom. The molecule has 0 amide bonds. The van der Waals surface area contributed by atoms with Crippen LogP contribution in [0.2, 0.25) is 0 Å². The van der Waals surface area contributed by atoms with Crippen LogP contribution in [-0.4, -0.2) is 61.1 Å². The maximum Gasteiger partial charge on any atom is 0.294 e. The van der Waals surface area contributed by atoms with E-state index in [1.54, 1.807) is 0 Å². The second-order valence-electron chi connectivity index (χ2n) is 6.93. The van der Waals surface area contributed by atoms with Crippen molar-refractivity contribution in [2.24, 2.45) is 0 Å². The third-order valence-corrected chi connectivity index (χ3v) is 4.56. The van der Waals surface area contributed by atoms with Gasteiger partial charge in [-0.2, -0.15) is 0 Å². The molecule has 0 saturated carbocycles. The molecule has 3 fully saturated rings. The highest BCUT2D eigenvalue weighted by Gasteiger charge is 2.16. The van der Waals surface area contributed by atoms with Crippen LogP contribution in [0.15, 0.2) is 0 Å². The van der Waals surface area contributed by atoms with Crippen LogP contribution in [-0.2, 0) is 9.68 Å². The lowest BCUT2D eigenvalue weighted by atomic mass is 10.1. The van der Waals surface area contributed by atoms with Gasteiger partial charge in [-0.3, -0.25) is 0 Å². The molecule has 3 rings (SSSR count). The van der Waals surface area contributed by atoms with Crippen molar-refractivity contribution in [3.63, 3.8) is 0 Å². The van der Waals surface area contributed by atoms with Crippen LogP contribution < -0.4 is 16.0 Å². The van der Waals surface area contributed by atoms with E-state index in [-0.39, 0.29) is 27.1 Å². The Bertz CT molecular complexity index is 382. The van der Waals surface area contributed by atoms with Gasteiger partial charge in [0.25, 0.3) is 10.2 Å². The van der Waals surface area contributed by atoms with Gasteiger partial charge in [-0.15, -0.1) is 20.2 Å². The Kier molecular flexibility index (Phi) is 18.6. The monoisotopic (exact) mass is 423 g/mol. The van der Waals surface area contributed by atoms with Crippen LogP contribution in [0.3, 0.4) is 0 Å². The average Bonchev–Trinajstić information content (AvgIpc) is 2.64. The Balaban J connectivity index is 0. The molecule has 0 aromatic heterocycles. The second-order valence-corrected chi connectivity index (χ2v) is 6.93. The molecular weight excluding hydrogens is 382 g/mol. The molecule has 3 N–H and O–H groups in total. The number of hydrogen-bond donors (Lipinski definition) is 3. The minimum atomic E-state index is -0.725. The van der Waals surface area contributed by atoms with Crippen molar-refractivity contribution in [1.82, 2.24) is 16.0 Å². The first-order valence-electron chi connectivity index (χ1n) is 9.74. The first kappa shape index (κ1) is 29.5. The highest BCUT2D eigenvalue weighted by atomic mass is 17.0. The fourth-order valence-corrected chi connectivity index (χ4v) is 3.08. The highest BCUT2D eigenvalue weighted by molar-refractivity contribution is 4.67. The summed E-state index contributed by atoms with van der Waals surface area (Å²) in [7, 11) is 0. The molecular formula is C18H41N5O6. The van der Waals surface area contributed by atoms with Gasteiger partial charge in [0.1, 0.15) is 12.2 Å². The van der Waals surface area contributed by atoms with Crippen molar-refractivity contribution in [1.29, 1.82) is 0 Å². The lowest BCUT2D eigenvalue weighted by Crippen LogP contribution is -2.36. The molecule has 0 bridgehead atoms. The normalized spacial score (nSPS) is 23.9. The van der Waals surface area contributed by atoms with Crippen molar-refractivity contribution in [3.05, 3.63) is 20.2 Å². The molecule has 2 unspecified atom stereocenters. The summed E-state index contributed by atoms with van der Waals surface area (Å²) in [5.41, 5.74) is 0. The Labute approximate surface area is 174 Å². The van der Waals surface area contributed by atoms with Gasteiger partial charge in [-0.25, -0.2) is 0 Å². The van der Waals surface area contributed by atoms with Crippen molar-refractivity contribution in [2.75, 3.05) is 32.7 Å². The molecule has 0 aromatic carbocycles. The number of hydrogen-bond acceptors (Lipinski definition) is 9. The Morgan fingerprint density at radius 2 is 1.38 bits per heavy atom. The first-order chi connectivity index (χ1) is 13.0. The van der Waals surface area contributed by atoms with Crippen molar-refractivity contribution in [2.45, 2.75) is 85.0 Å². The molecule has 3 aliphatic heterocycles. The molecule has 0 aliphatic carbocycles. The van der Waals surface area contributed by atoms with Gasteiger partial charge < -0.3 is 25.6 Å². The van der Waals surface area contributed by atoms with Gasteiger partial charge in [0, 0.05) is 12.6 Å². The van der Waals surface area contributed by atoms with Crippen LogP contribution in [0.5, 0.6) is 0 Å². The van der Waals surface area contributed by atoms with E-state index in [2.05, 4.69) is 32.5 Å². The second kappa shape index (κ2) is 18.3. The predicted molar refractivity (Wildman–Crippen MR) is 113 cm³/mol. The van der Waals surface area contributed by atoms with E-state index < -0.39 is 10.2 Å². The predicted octanol–water partition coefficient (Wildman–Crippen LogP) is 2.31. The molecule has 29 heavy (non-hydrogen) atoms. The minimum Gasteiger partial charge on any atom is -0.317 e. The molecule has 0 radical (unpaired) electrons. The first-order valence-corrected chi connectivity index (χ1v) is 9.74. The van der Waals surface area contributed by atoms with E-state index >= 15 is 0 Å². The summed E-state index contributed by atoms with van der Waals surface area (Å²) in [4.78, 5) is 28.4. The molecule has 174 valence electrons. The van der Waals surface area contributed by atoms with Crippen molar-refractivity contribution >= 4 is 0 Å². The van der Waals surface area contributed by atoms with Gasteiger partial charge >= 0.3 is 0 Å². The number of nitrogens with zero attached hydrogens (tertiary/aromatic N) is 2. The zero-order valence-corrected chi connectivity index (χ0v) is 16.1. The summed E-state index contributed by atoms with van der Waals surface area (Å²) in [5.74, 6) is 0. The molecule has 3 heterocycles. The van der Waals surface area contributed by atoms with E-state index in [0.717, 1.165) is 51.4 Å². The lowest BCUT2D eigenvalue weighted by Gasteiger charge is -2.19. The smallest absolute Gasteiger partial charge is 0.294 e. The quantitative estimate of drug-likeness (QED) is 0.459. The fraction of sp³-hybridized carbons (Fsp3) is 1.00. The van der Waals surface area contributed by atoms with Crippen LogP contribution in [0.4, 0.5) is 0 Å². The van der Waals surface area contributed by atoms with E-state index in [0.29, 0.717) is 6.54 Å². The Morgan fingerprint density at radius 1 is 0.759 bits per heavy atom. The lowest BCUT2D eigenvalue weighted by molar-refractivity contribution is -0.769. The molecule has 2 atom stereocenters. The molecule has 11 heteroatoms. The number of rotatable bonds is 4. The van der Waals surface area contributed by atoms with Crippen molar-refractivity contribution < 1.29 is 19.8 Å². The zero-order chi connectivity index (χ0) is 19.9. The molecule has 3 aliphatic rings. The third-order valence-electron chi connectivity index (χ3n) is 4.56. The van der Waals surface area contributed by atoms with Crippen LogP contribution in [0, 0.1) is 20.2 Å². The van der Waals surface area contributed by atoms with Crippen LogP contribution in [0.25, 0.3) is 0 Å². The van der Waals surface area contributed by atoms with Crippen LogP contribution >= 0.6 is 0 Å². The SMILES string of the molecule is C.C.CC1CCCCN1.O=[N+]([O-])OC1CCCNC1.O=[N+]([O-])OC1CCNCC1. The van der Waals surface area contributed by atoms with Gasteiger partial charge in [-0.05, 0) is 71.6 Å². The van der Waals surface area contributed by atoms with Gasteiger partial charge in [0.15, 0.2) is 0 Å². The van der Waals surface area contributed by atoms with Gasteiger partial charge in [0.05, 0.1) is 0 Å². The van der Waals surface area contributed by atoms with Gasteiger partial charge in [-0.1, -0.05) is 21.3 Å².